The quantitative estimate of drug-likeness (QED) is 0.293. The van der Waals surface area contributed by atoms with Gasteiger partial charge in [-0.3, -0.25) is 18.8 Å². The molecular weight excluding hydrogens is 512 g/mol. The van der Waals surface area contributed by atoms with Crippen molar-refractivity contribution in [2.24, 2.45) is 0 Å². The van der Waals surface area contributed by atoms with E-state index in [1.165, 1.54) is 30.2 Å². The van der Waals surface area contributed by atoms with Gasteiger partial charge in [0.05, 0.1) is 11.7 Å². The number of nitrogens with zero attached hydrogens (tertiary/aromatic N) is 5. The van der Waals surface area contributed by atoms with Crippen LogP contribution in [0.3, 0.4) is 0 Å². The third kappa shape index (κ3) is 6.26. The van der Waals surface area contributed by atoms with Crippen molar-refractivity contribution in [1.29, 1.82) is 0 Å². The number of aryl methyl sites for hydroxylation is 2. The lowest BCUT2D eigenvalue weighted by Crippen LogP contribution is -2.56. The molecule has 1 aromatic heterocycles. The van der Waals surface area contributed by atoms with Gasteiger partial charge in [0.1, 0.15) is 5.82 Å². The molecule has 0 atom stereocenters. The Morgan fingerprint density at radius 1 is 1.15 bits per heavy atom. The van der Waals surface area contributed by atoms with Gasteiger partial charge in [-0.2, -0.15) is 0 Å². The molecule has 3 aliphatic heterocycles. The van der Waals surface area contributed by atoms with Crippen molar-refractivity contribution in [3.8, 4) is 0 Å². The number of likely N-dealkylation sites (tertiary alicyclic amines) is 1. The van der Waals surface area contributed by atoms with Crippen LogP contribution in [0.1, 0.15) is 31.0 Å². The minimum absolute atomic E-state index is 0.0731. The average Bonchev–Trinajstić information content (AvgIpc) is 2.92. The highest BCUT2D eigenvalue weighted by Crippen LogP contribution is 2.29. The van der Waals surface area contributed by atoms with E-state index in [9.17, 15) is 9.59 Å². The highest BCUT2D eigenvalue weighted by atomic mass is 32.1. The first-order chi connectivity index (χ1) is 18.8. The lowest BCUT2D eigenvalue weighted by atomic mass is 10.0. The maximum absolute atomic E-state index is 12.8. The minimum atomic E-state index is -0.253. The average molecular weight is 553 g/mol. The molecule has 0 aliphatic carbocycles. The smallest absolute Gasteiger partial charge is 0.291 e. The topological polar surface area (TPSA) is 99.8 Å². The molecule has 3 N–H and O–H groups in total. The number of piperazine rings is 1. The fourth-order valence-electron chi connectivity index (χ4n) is 5.79. The number of benzene rings is 1. The summed E-state index contributed by atoms with van der Waals surface area (Å²) >= 11 is 4.48. The van der Waals surface area contributed by atoms with Gasteiger partial charge in [0, 0.05) is 69.8 Å². The van der Waals surface area contributed by atoms with Crippen LogP contribution in [0.25, 0.3) is 0 Å². The second kappa shape index (κ2) is 12.0. The molecule has 10 nitrogen and oxygen atoms in total. The largest absolute Gasteiger partial charge is 0.371 e. The van der Waals surface area contributed by atoms with Gasteiger partial charge in [-0.05, 0) is 56.0 Å². The van der Waals surface area contributed by atoms with Crippen LogP contribution in [0.15, 0.2) is 35.6 Å². The van der Waals surface area contributed by atoms with Crippen molar-refractivity contribution in [2.75, 3.05) is 67.9 Å². The Kier molecular flexibility index (Phi) is 8.49. The highest BCUT2D eigenvalue weighted by molar-refractivity contribution is 7.77. The van der Waals surface area contributed by atoms with Gasteiger partial charge < -0.3 is 25.4 Å². The Bertz CT molecular complexity index is 1240. The van der Waals surface area contributed by atoms with Gasteiger partial charge in [-0.1, -0.05) is 26.3 Å². The van der Waals surface area contributed by atoms with Crippen molar-refractivity contribution in [3.05, 3.63) is 52.5 Å². The van der Waals surface area contributed by atoms with Crippen LogP contribution in [0.4, 0.5) is 23.0 Å². The van der Waals surface area contributed by atoms with Gasteiger partial charge in [-0.15, -0.1) is 0 Å². The SMILES string of the molecule is C=CC(=O)N1CC(Nc2nc(Nc3ccc(N4CCC(N5CCN(S)CC5)CC4)c(C)c3)c(=O)[nH]c2CC)C1. The summed E-state index contributed by atoms with van der Waals surface area (Å²) in [4.78, 5) is 39.0. The van der Waals surface area contributed by atoms with E-state index in [1.807, 2.05) is 13.0 Å². The van der Waals surface area contributed by atoms with E-state index in [0.29, 0.717) is 31.4 Å². The van der Waals surface area contributed by atoms with Crippen LogP contribution in [-0.2, 0) is 11.2 Å². The number of hydrogen-bond acceptors (Lipinski definition) is 9. The van der Waals surface area contributed by atoms with E-state index in [1.54, 1.807) is 4.90 Å². The molecule has 0 spiro atoms. The third-order valence-electron chi connectivity index (χ3n) is 8.12. The van der Waals surface area contributed by atoms with E-state index in [-0.39, 0.29) is 23.3 Å². The van der Waals surface area contributed by atoms with E-state index >= 15 is 0 Å². The molecule has 0 unspecified atom stereocenters. The number of aromatic nitrogens is 2. The van der Waals surface area contributed by atoms with E-state index < -0.39 is 0 Å². The first-order valence-electron chi connectivity index (χ1n) is 14.0. The molecule has 0 bridgehead atoms. The van der Waals surface area contributed by atoms with E-state index in [0.717, 1.165) is 50.6 Å². The van der Waals surface area contributed by atoms with Crippen molar-refractivity contribution >= 4 is 41.7 Å². The Morgan fingerprint density at radius 2 is 1.87 bits per heavy atom. The standard InChI is InChI=1S/C28H40N8O2S/c1-4-23-26(30-21-17-35(18-21)25(37)5-2)32-27(28(38)31-23)29-20-6-7-24(19(3)16-20)34-10-8-22(9-11-34)33-12-14-36(39)15-13-33/h5-7,16,21-22,39H,2,4,8-15,17-18H2,1,3H3,(H,31,38)(H2,29,30,32). The first-order valence-corrected chi connectivity index (χ1v) is 14.4. The molecule has 4 heterocycles. The highest BCUT2D eigenvalue weighted by Gasteiger charge is 2.30. The number of piperidine rings is 1. The zero-order valence-corrected chi connectivity index (χ0v) is 23.8. The van der Waals surface area contributed by atoms with Crippen LogP contribution in [0.2, 0.25) is 0 Å². The molecule has 3 fully saturated rings. The van der Waals surface area contributed by atoms with E-state index in [4.69, 9.17) is 0 Å². The zero-order chi connectivity index (χ0) is 27.5. The number of carbonyl (C=O) groups is 1. The fourth-order valence-corrected chi connectivity index (χ4v) is 5.97. The van der Waals surface area contributed by atoms with Gasteiger partial charge in [0.25, 0.3) is 5.56 Å². The first kappa shape index (κ1) is 27.5. The summed E-state index contributed by atoms with van der Waals surface area (Å²) in [6, 6.07) is 6.99. The Labute approximate surface area is 236 Å². The molecule has 3 aliphatic rings. The molecule has 210 valence electrons. The Balaban J connectivity index is 1.22. The molecule has 0 saturated carbocycles. The Hall–Kier alpha value is -3.02. The molecule has 0 radical (unpaired) electrons. The predicted octanol–water partition coefficient (Wildman–Crippen LogP) is 2.62. The van der Waals surface area contributed by atoms with Crippen LogP contribution in [0.5, 0.6) is 0 Å². The van der Waals surface area contributed by atoms with Crippen LogP contribution in [0, 0.1) is 6.92 Å². The number of amides is 1. The Morgan fingerprint density at radius 3 is 2.51 bits per heavy atom. The summed E-state index contributed by atoms with van der Waals surface area (Å²) < 4.78 is 2.11. The van der Waals surface area contributed by atoms with Gasteiger partial charge in [0.2, 0.25) is 5.91 Å². The number of thiol groups is 1. The van der Waals surface area contributed by atoms with Crippen molar-refractivity contribution in [1.82, 2.24) is 24.1 Å². The van der Waals surface area contributed by atoms with Crippen molar-refractivity contribution in [2.45, 2.75) is 45.2 Å². The number of H-pyrrole nitrogens is 1. The fraction of sp³-hybridized carbons (Fsp3) is 0.536. The van der Waals surface area contributed by atoms with E-state index in [2.05, 4.69) is 73.2 Å². The normalized spacial score (nSPS) is 19.6. The summed E-state index contributed by atoms with van der Waals surface area (Å²) in [6.07, 6.45) is 4.31. The monoisotopic (exact) mass is 552 g/mol. The van der Waals surface area contributed by atoms with Gasteiger partial charge in [-0.25, -0.2) is 4.98 Å². The number of carbonyl (C=O) groups excluding carboxylic acids is 1. The minimum Gasteiger partial charge on any atom is -0.371 e. The molecule has 3 saturated heterocycles. The molecule has 1 aromatic carbocycles. The third-order valence-corrected chi connectivity index (χ3v) is 8.52. The number of anilines is 4. The van der Waals surface area contributed by atoms with Crippen LogP contribution in [-0.4, -0.2) is 94.4 Å². The lowest BCUT2D eigenvalue weighted by molar-refractivity contribution is -0.129. The van der Waals surface area contributed by atoms with Gasteiger partial charge in [0.15, 0.2) is 5.82 Å². The molecule has 1 amide bonds. The summed E-state index contributed by atoms with van der Waals surface area (Å²) in [7, 11) is 0. The maximum atomic E-state index is 12.8. The predicted molar refractivity (Wildman–Crippen MR) is 160 cm³/mol. The molecular formula is C28H40N8O2S. The summed E-state index contributed by atoms with van der Waals surface area (Å²) in [6.45, 7) is 15.2. The number of aromatic amines is 1. The molecule has 11 heteroatoms. The number of nitrogens with one attached hydrogen (secondary N) is 3. The van der Waals surface area contributed by atoms with Gasteiger partial charge >= 0.3 is 0 Å². The summed E-state index contributed by atoms with van der Waals surface area (Å²) in [5.74, 6) is 0.820. The second-order valence-electron chi connectivity index (χ2n) is 10.7. The van der Waals surface area contributed by atoms with Crippen molar-refractivity contribution in [3.63, 3.8) is 0 Å². The molecule has 39 heavy (non-hydrogen) atoms. The molecule has 5 rings (SSSR count). The molecule has 2 aromatic rings. The van der Waals surface area contributed by atoms with Crippen LogP contribution >= 0.6 is 12.8 Å². The lowest BCUT2D eigenvalue weighted by Gasteiger charge is -2.42. The van der Waals surface area contributed by atoms with Crippen molar-refractivity contribution < 1.29 is 4.79 Å². The summed E-state index contributed by atoms with van der Waals surface area (Å²) in [5.41, 5.74) is 3.74. The zero-order valence-electron chi connectivity index (χ0n) is 22.9. The maximum Gasteiger partial charge on any atom is 0.291 e. The number of hydrogen-bond donors (Lipinski definition) is 4. The summed E-state index contributed by atoms with van der Waals surface area (Å²) in [5, 5.41) is 6.61. The second-order valence-corrected chi connectivity index (χ2v) is 11.3. The van der Waals surface area contributed by atoms with Crippen LogP contribution < -0.4 is 21.1 Å². The number of rotatable bonds is 8.